The molecule has 1 spiro atoms. The Hall–Kier alpha value is 0.770. The zero-order valence-electron chi connectivity index (χ0n) is 10.2. The number of carbonyl (C=O) groups is 1. The van der Waals surface area contributed by atoms with Crippen LogP contribution in [0.1, 0.15) is 6.92 Å². The molecule has 0 N–H and O–H groups in total. The molecule has 19 heavy (non-hydrogen) atoms. The van der Waals surface area contributed by atoms with Gasteiger partial charge in [0.15, 0.2) is 11.6 Å². The van der Waals surface area contributed by atoms with Crippen LogP contribution in [0.15, 0.2) is 12.2 Å². The summed E-state index contributed by atoms with van der Waals surface area (Å²) in [5, 5.41) is 0. The first-order valence-electron chi connectivity index (χ1n) is 6.44. The van der Waals surface area contributed by atoms with Gasteiger partial charge in [-0.2, -0.15) is 0 Å². The number of hydrogen-bond donors (Lipinski definition) is 0. The maximum absolute atomic E-state index is 12.7. The predicted octanol–water partition coefficient (Wildman–Crippen LogP) is 3.00. The zero-order chi connectivity index (χ0) is 13.6. The highest BCUT2D eigenvalue weighted by Gasteiger charge is 2.80. The van der Waals surface area contributed by atoms with Gasteiger partial charge in [0.2, 0.25) is 0 Å². The second kappa shape index (κ2) is 3.75. The van der Waals surface area contributed by atoms with E-state index in [1.807, 2.05) is 0 Å². The molecule has 3 nitrogen and oxygen atoms in total. The molecule has 5 atom stereocenters. The van der Waals surface area contributed by atoms with Crippen molar-refractivity contribution in [2.24, 2.45) is 23.7 Å². The van der Waals surface area contributed by atoms with Gasteiger partial charge in [-0.25, -0.2) is 0 Å². The summed E-state index contributed by atoms with van der Waals surface area (Å²) in [6, 6.07) is 0. The topological polar surface area (TPSA) is 35.5 Å². The van der Waals surface area contributed by atoms with Gasteiger partial charge in [0.25, 0.3) is 0 Å². The number of carbonyl (C=O) groups excluding carboxylic acids is 1. The van der Waals surface area contributed by atoms with E-state index >= 15 is 0 Å². The van der Waals surface area contributed by atoms with Gasteiger partial charge in [0, 0.05) is 11.8 Å². The summed E-state index contributed by atoms with van der Waals surface area (Å²) in [5.41, 5.74) is 0. The minimum absolute atomic E-state index is 0.00583. The lowest BCUT2D eigenvalue weighted by Crippen LogP contribution is -2.51. The molecule has 0 aromatic rings. The highest BCUT2D eigenvalue weighted by molar-refractivity contribution is 9.26. The predicted molar refractivity (Wildman–Crippen MR) is 80.7 cm³/mol. The van der Waals surface area contributed by atoms with Gasteiger partial charge < -0.3 is 9.47 Å². The van der Waals surface area contributed by atoms with E-state index in [0.29, 0.717) is 13.2 Å². The Labute approximate surface area is 136 Å². The lowest BCUT2D eigenvalue weighted by Gasteiger charge is -2.39. The van der Waals surface area contributed by atoms with Crippen LogP contribution in [-0.4, -0.2) is 32.3 Å². The molecule has 6 heteroatoms. The van der Waals surface area contributed by atoms with Crippen molar-refractivity contribution in [2.45, 2.75) is 20.3 Å². The smallest absolute Gasteiger partial charge is 0.194 e. The summed E-state index contributed by atoms with van der Waals surface area (Å²) >= 11 is 11.0. The van der Waals surface area contributed by atoms with E-state index in [9.17, 15) is 4.79 Å². The summed E-state index contributed by atoms with van der Waals surface area (Å²) in [7, 11) is 0. The SMILES string of the molecule is C[C@@H]1[C@@H]2[C@H](C(=O)C1(Br)Br)[C@@H]1C=C[C@@]2(Br)C12OCCO2. The average Bonchev–Trinajstić information content (AvgIpc) is 3.04. The Balaban J connectivity index is 1.88. The second-order valence-corrected chi connectivity index (χ2v) is 10.7. The molecule has 4 rings (SSSR count). The molecular weight excluding hydrogens is 444 g/mol. The third kappa shape index (κ3) is 1.26. The first kappa shape index (κ1) is 13.4. The van der Waals surface area contributed by atoms with Crippen LogP contribution in [0.25, 0.3) is 0 Å². The quantitative estimate of drug-likeness (QED) is 0.415. The molecule has 0 radical (unpaired) electrons. The minimum Gasteiger partial charge on any atom is -0.345 e. The fourth-order valence-corrected chi connectivity index (χ4v) is 6.87. The van der Waals surface area contributed by atoms with E-state index in [1.54, 1.807) is 0 Å². The molecule has 4 aliphatic rings. The van der Waals surface area contributed by atoms with E-state index in [0.717, 1.165) is 0 Å². The normalized spacial score (nSPS) is 52.3. The third-order valence-corrected chi connectivity index (χ3v) is 8.81. The van der Waals surface area contributed by atoms with Crippen molar-refractivity contribution in [3.63, 3.8) is 0 Å². The van der Waals surface area contributed by atoms with Crippen LogP contribution in [0.3, 0.4) is 0 Å². The van der Waals surface area contributed by atoms with Crippen LogP contribution in [0, 0.1) is 23.7 Å². The number of hydrogen-bond acceptors (Lipinski definition) is 3. The van der Waals surface area contributed by atoms with E-state index < -0.39 is 13.3 Å². The van der Waals surface area contributed by atoms with Gasteiger partial charge >= 0.3 is 0 Å². The first-order valence-corrected chi connectivity index (χ1v) is 8.82. The van der Waals surface area contributed by atoms with Crippen molar-refractivity contribution in [1.29, 1.82) is 0 Å². The maximum atomic E-state index is 12.7. The van der Waals surface area contributed by atoms with Crippen molar-refractivity contribution in [3.05, 3.63) is 12.2 Å². The maximum Gasteiger partial charge on any atom is 0.194 e. The minimum atomic E-state index is -0.678. The zero-order valence-corrected chi connectivity index (χ0v) is 15.0. The number of ketones is 1. The Morgan fingerprint density at radius 1 is 1.26 bits per heavy atom. The highest BCUT2D eigenvalue weighted by atomic mass is 79.9. The highest BCUT2D eigenvalue weighted by Crippen LogP contribution is 2.72. The number of alkyl halides is 3. The van der Waals surface area contributed by atoms with E-state index in [2.05, 4.69) is 66.9 Å². The van der Waals surface area contributed by atoms with E-state index in [-0.39, 0.29) is 29.5 Å². The molecule has 0 amide bonds. The number of ether oxygens (including phenoxy) is 2. The Morgan fingerprint density at radius 2 is 1.89 bits per heavy atom. The van der Waals surface area contributed by atoms with Gasteiger partial charge in [0.1, 0.15) is 7.56 Å². The molecule has 0 aromatic carbocycles. The fraction of sp³-hybridized carbons (Fsp3) is 0.769. The fourth-order valence-electron chi connectivity index (χ4n) is 4.44. The molecule has 0 aromatic heterocycles. The van der Waals surface area contributed by atoms with Crippen LogP contribution >= 0.6 is 47.8 Å². The molecule has 2 saturated carbocycles. The monoisotopic (exact) mass is 454 g/mol. The van der Waals surface area contributed by atoms with E-state index in [4.69, 9.17) is 9.47 Å². The van der Waals surface area contributed by atoms with Gasteiger partial charge in [-0.05, 0) is 11.8 Å². The number of Topliss-reactive ketones (excluding diaryl/α,β-unsaturated/α-hetero) is 1. The average molecular weight is 457 g/mol. The van der Waals surface area contributed by atoms with Crippen molar-refractivity contribution < 1.29 is 14.3 Å². The van der Waals surface area contributed by atoms with Crippen molar-refractivity contribution >= 4 is 53.6 Å². The lowest BCUT2D eigenvalue weighted by molar-refractivity contribution is -0.180. The largest absolute Gasteiger partial charge is 0.345 e. The van der Waals surface area contributed by atoms with Crippen LogP contribution in [-0.2, 0) is 14.3 Å². The molecule has 0 unspecified atom stereocenters. The number of rotatable bonds is 0. The van der Waals surface area contributed by atoms with Gasteiger partial charge in [-0.1, -0.05) is 66.9 Å². The molecule has 1 heterocycles. The Kier molecular flexibility index (Phi) is 2.65. The van der Waals surface area contributed by atoms with Crippen molar-refractivity contribution in [2.75, 3.05) is 13.2 Å². The molecule has 3 fully saturated rings. The first-order chi connectivity index (χ1) is 8.86. The Bertz CT molecular complexity index is 497. The number of halogens is 3. The molecule has 1 saturated heterocycles. The summed E-state index contributed by atoms with van der Waals surface area (Å²) in [4.78, 5) is 12.7. The van der Waals surface area contributed by atoms with Crippen LogP contribution < -0.4 is 0 Å². The Morgan fingerprint density at radius 3 is 2.47 bits per heavy atom. The van der Waals surface area contributed by atoms with Crippen LogP contribution in [0.5, 0.6) is 0 Å². The van der Waals surface area contributed by atoms with Gasteiger partial charge in [-0.15, -0.1) is 0 Å². The molecule has 104 valence electrons. The molecule has 3 aliphatic carbocycles. The summed E-state index contributed by atoms with van der Waals surface area (Å²) in [6.45, 7) is 3.30. The van der Waals surface area contributed by atoms with Crippen molar-refractivity contribution in [1.82, 2.24) is 0 Å². The van der Waals surface area contributed by atoms with Crippen LogP contribution in [0.2, 0.25) is 0 Å². The van der Waals surface area contributed by atoms with Gasteiger partial charge in [-0.3, -0.25) is 4.79 Å². The molecule has 1 aliphatic heterocycles. The summed E-state index contributed by atoms with van der Waals surface area (Å²) in [6.07, 6.45) is 4.22. The lowest BCUT2D eigenvalue weighted by atomic mass is 9.81. The van der Waals surface area contributed by atoms with Crippen LogP contribution in [0.4, 0.5) is 0 Å². The van der Waals surface area contributed by atoms with E-state index in [1.165, 1.54) is 0 Å². The summed E-state index contributed by atoms with van der Waals surface area (Å²) < 4.78 is 10.9. The molecular formula is C13H13Br3O3. The van der Waals surface area contributed by atoms with Crippen molar-refractivity contribution in [3.8, 4) is 0 Å². The number of fused-ring (bicyclic) bond motifs is 3. The summed E-state index contributed by atoms with van der Waals surface area (Å²) in [5.74, 6) is -0.194. The second-order valence-electron chi connectivity index (χ2n) is 5.84. The molecule has 2 bridgehead atoms. The van der Waals surface area contributed by atoms with Gasteiger partial charge in [0.05, 0.1) is 13.2 Å². The standard InChI is InChI=1S/C13H13Br3O3/c1-6-9-8(10(17)12(6,15)16)7-2-3-11(9,14)13(7)18-4-5-19-13/h2-3,6-9H,4-5H2,1H3/t6-,7+,8-,9-,11+/m1/s1. The third-order valence-electron chi connectivity index (χ3n) is 5.24.